The number of para-hydroxylation sites is 1. The third-order valence-electron chi connectivity index (χ3n) is 3.21. The van der Waals surface area contributed by atoms with Crippen molar-refractivity contribution in [2.24, 2.45) is 0 Å². The highest BCUT2D eigenvalue weighted by molar-refractivity contribution is 5.80. The number of hydrogen-bond donors (Lipinski definition) is 0. The van der Waals surface area contributed by atoms with E-state index >= 15 is 0 Å². The lowest BCUT2D eigenvalue weighted by molar-refractivity contribution is 0.734. The Labute approximate surface area is 104 Å². The van der Waals surface area contributed by atoms with Gasteiger partial charge < -0.3 is 0 Å². The summed E-state index contributed by atoms with van der Waals surface area (Å²) in [6.45, 7) is 4.57. The fraction of sp³-hybridized carbons (Fsp3) is 0.308. The summed E-state index contributed by atoms with van der Waals surface area (Å²) < 4.78 is 3.63. The molecule has 2 aromatic heterocycles. The van der Waals surface area contributed by atoms with Gasteiger partial charge in [0.25, 0.3) is 5.56 Å². The summed E-state index contributed by atoms with van der Waals surface area (Å²) >= 11 is 0. The van der Waals surface area contributed by atoms with Gasteiger partial charge in [0.15, 0.2) is 0 Å². The average Bonchev–Trinajstić information content (AvgIpc) is 2.83. The van der Waals surface area contributed by atoms with Crippen LogP contribution in [0.2, 0.25) is 0 Å². The Balaban J connectivity index is 2.65. The van der Waals surface area contributed by atoms with Crippen molar-refractivity contribution < 1.29 is 0 Å². The summed E-state index contributed by atoms with van der Waals surface area (Å²) in [4.78, 5) is 12.4. The zero-order chi connectivity index (χ0) is 12.7. The van der Waals surface area contributed by atoms with Gasteiger partial charge in [0.05, 0.1) is 10.9 Å². The zero-order valence-corrected chi connectivity index (χ0v) is 10.4. The lowest BCUT2D eigenvalue weighted by atomic mass is 10.2. The first kappa shape index (κ1) is 11.0. The zero-order valence-electron chi connectivity index (χ0n) is 10.4. The molecule has 0 fully saturated rings. The van der Waals surface area contributed by atoms with E-state index in [1.54, 1.807) is 4.57 Å². The third kappa shape index (κ3) is 1.30. The molecule has 0 saturated heterocycles. The van der Waals surface area contributed by atoms with E-state index in [1.165, 1.54) is 0 Å². The molecule has 0 aliphatic carbocycles. The molecule has 3 aromatic rings. The molecule has 0 saturated carbocycles. The fourth-order valence-electron chi connectivity index (χ4n) is 2.33. The van der Waals surface area contributed by atoms with Crippen molar-refractivity contribution >= 4 is 16.7 Å². The molecule has 0 spiro atoms. The number of aryl methyl sites for hydroxylation is 2. The van der Waals surface area contributed by atoms with Crippen LogP contribution in [0.3, 0.4) is 0 Å². The standard InChI is InChI=1S/C13H14N4O/c1-3-11-14-15-13-16(4-2)12(18)9-7-5-6-8-10(9)17(11)13/h5-8H,3-4H2,1-2H3. The van der Waals surface area contributed by atoms with E-state index in [1.807, 2.05) is 42.5 Å². The Morgan fingerprint density at radius 1 is 1.17 bits per heavy atom. The quantitative estimate of drug-likeness (QED) is 0.686. The Morgan fingerprint density at radius 3 is 2.67 bits per heavy atom. The first-order valence-electron chi connectivity index (χ1n) is 6.13. The van der Waals surface area contributed by atoms with Crippen LogP contribution in [0.4, 0.5) is 0 Å². The minimum Gasteiger partial charge on any atom is -0.277 e. The highest BCUT2D eigenvalue weighted by atomic mass is 16.1. The molecule has 0 aliphatic rings. The van der Waals surface area contributed by atoms with Crippen LogP contribution in [0.25, 0.3) is 16.7 Å². The molecule has 0 aliphatic heterocycles. The van der Waals surface area contributed by atoms with Gasteiger partial charge in [-0.2, -0.15) is 0 Å². The van der Waals surface area contributed by atoms with E-state index in [0.717, 1.165) is 17.8 Å². The molecule has 0 bridgehead atoms. The SMILES string of the molecule is CCc1nnc2n(CC)c(=O)c3ccccc3n12. The second-order valence-corrected chi connectivity index (χ2v) is 4.17. The maximum atomic E-state index is 12.4. The fourth-order valence-corrected chi connectivity index (χ4v) is 2.33. The molecule has 1 aromatic carbocycles. The van der Waals surface area contributed by atoms with Crippen LogP contribution in [0.5, 0.6) is 0 Å². The average molecular weight is 242 g/mol. The van der Waals surface area contributed by atoms with E-state index in [2.05, 4.69) is 10.2 Å². The molecular formula is C13H14N4O. The van der Waals surface area contributed by atoms with Crippen molar-refractivity contribution in [1.29, 1.82) is 0 Å². The normalized spacial score (nSPS) is 11.4. The van der Waals surface area contributed by atoms with Gasteiger partial charge in [-0.15, -0.1) is 10.2 Å². The Hall–Kier alpha value is -2.17. The molecule has 5 nitrogen and oxygen atoms in total. The van der Waals surface area contributed by atoms with E-state index < -0.39 is 0 Å². The summed E-state index contributed by atoms with van der Waals surface area (Å²) in [5.74, 6) is 1.50. The van der Waals surface area contributed by atoms with Crippen molar-refractivity contribution in [3.05, 3.63) is 40.4 Å². The van der Waals surface area contributed by atoms with Crippen LogP contribution in [-0.4, -0.2) is 19.2 Å². The first-order chi connectivity index (χ1) is 8.77. The molecule has 18 heavy (non-hydrogen) atoms. The molecule has 5 heteroatoms. The minimum absolute atomic E-state index is 0.00402. The van der Waals surface area contributed by atoms with Gasteiger partial charge in [0.1, 0.15) is 5.82 Å². The second-order valence-electron chi connectivity index (χ2n) is 4.17. The number of fused-ring (bicyclic) bond motifs is 3. The van der Waals surface area contributed by atoms with Crippen LogP contribution < -0.4 is 5.56 Å². The highest BCUT2D eigenvalue weighted by Gasteiger charge is 2.13. The maximum absolute atomic E-state index is 12.4. The molecular weight excluding hydrogens is 228 g/mol. The summed E-state index contributed by atoms with van der Waals surface area (Å²) in [6, 6.07) is 7.59. The molecule has 3 rings (SSSR count). The number of aromatic nitrogens is 4. The van der Waals surface area contributed by atoms with E-state index in [4.69, 9.17) is 0 Å². The Morgan fingerprint density at radius 2 is 1.94 bits per heavy atom. The van der Waals surface area contributed by atoms with Gasteiger partial charge in [-0.05, 0) is 19.1 Å². The van der Waals surface area contributed by atoms with Gasteiger partial charge in [-0.1, -0.05) is 19.1 Å². The molecule has 0 amide bonds. The number of hydrogen-bond acceptors (Lipinski definition) is 3. The predicted octanol–water partition coefficient (Wildman–Crippen LogP) is 1.63. The number of benzene rings is 1. The van der Waals surface area contributed by atoms with Gasteiger partial charge >= 0.3 is 0 Å². The van der Waals surface area contributed by atoms with Gasteiger partial charge in [-0.25, -0.2) is 0 Å². The van der Waals surface area contributed by atoms with Gasteiger partial charge in [-0.3, -0.25) is 13.8 Å². The molecule has 0 unspecified atom stereocenters. The molecule has 0 N–H and O–H groups in total. The van der Waals surface area contributed by atoms with Crippen molar-refractivity contribution in [3.8, 4) is 0 Å². The second kappa shape index (κ2) is 3.94. The number of nitrogens with zero attached hydrogens (tertiary/aromatic N) is 4. The van der Waals surface area contributed by atoms with Gasteiger partial charge in [0.2, 0.25) is 5.78 Å². The molecule has 0 radical (unpaired) electrons. The van der Waals surface area contributed by atoms with Crippen LogP contribution in [0.15, 0.2) is 29.1 Å². The van der Waals surface area contributed by atoms with Gasteiger partial charge in [0, 0.05) is 13.0 Å². The summed E-state index contributed by atoms with van der Waals surface area (Å²) in [5, 5.41) is 9.02. The van der Waals surface area contributed by atoms with Crippen molar-refractivity contribution in [2.75, 3.05) is 0 Å². The van der Waals surface area contributed by atoms with E-state index in [9.17, 15) is 4.79 Å². The van der Waals surface area contributed by atoms with Crippen molar-refractivity contribution in [1.82, 2.24) is 19.2 Å². The summed E-state index contributed by atoms with van der Waals surface area (Å²) in [6.07, 6.45) is 0.785. The molecule has 0 atom stereocenters. The maximum Gasteiger partial charge on any atom is 0.262 e. The summed E-state index contributed by atoms with van der Waals surface area (Å²) in [5.41, 5.74) is 0.875. The van der Waals surface area contributed by atoms with Crippen LogP contribution in [0.1, 0.15) is 19.7 Å². The predicted molar refractivity (Wildman–Crippen MR) is 69.8 cm³/mol. The Kier molecular flexibility index (Phi) is 2.40. The number of rotatable bonds is 2. The lowest BCUT2D eigenvalue weighted by Crippen LogP contribution is -2.22. The van der Waals surface area contributed by atoms with E-state index in [-0.39, 0.29) is 5.56 Å². The topological polar surface area (TPSA) is 52.2 Å². The first-order valence-corrected chi connectivity index (χ1v) is 6.13. The third-order valence-corrected chi connectivity index (χ3v) is 3.21. The summed E-state index contributed by atoms with van der Waals surface area (Å²) in [7, 11) is 0. The largest absolute Gasteiger partial charge is 0.277 e. The lowest BCUT2D eigenvalue weighted by Gasteiger charge is -2.08. The monoisotopic (exact) mass is 242 g/mol. The highest BCUT2D eigenvalue weighted by Crippen LogP contribution is 2.14. The minimum atomic E-state index is -0.00402. The molecule has 2 heterocycles. The molecule has 92 valence electrons. The van der Waals surface area contributed by atoms with E-state index in [0.29, 0.717) is 17.7 Å². The van der Waals surface area contributed by atoms with Crippen LogP contribution in [-0.2, 0) is 13.0 Å². The van der Waals surface area contributed by atoms with Crippen molar-refractivity contribution in [2.45, 2.75) is 26.8 Å². The van der Waals surface area contributed by atoms with Crippen LogP contribution >= 0.6 is 0 Å². The Bertz CT molecular complexity index is 785. The van der Waals surface area contributed by atoms with Crippen LogP contribution in [0, 0.1) is 0 Å². The smallest absolute Gasteiger partial charge is 0.262 e. The van der Waals surface area contributed by atoms with Crippen molar-refractivity contribution in [3.63, 3.8) is 0 Å².